The Bertz CT molecular complexity index is 474. The molecule has 1 N–H and O–H groups in total. The van der Waals surface area contributed by atoms with Gasteiger partial charge in [-0.25, -0.2) is 0 Å². The molecule has 0 aliphatic carbocycles. The van der Waals surface area contributed by atoms with Gasteiger partial charge < -0.3 is 9.84 Å². The molecule has 0 spiro atoms. The highest BCUT2D eigenvalue weighted by Crippen LogP contribution is 2.36. The van der Waals surface area contributed by atoms with Crippen LogP contribution >= 0.6 is 15.9 Å². The first-order valence-corrected chi connectivity index (χ1v) is 7.98. The molecule has 0 bridgehead atoms. The van der Waals surface area contributed by atoms with Gasteiger partial charge in [0.2, 0.25) is 0 Å². The number of benzene rings is 1. The zero-order valence-corrected chi connectivity index (χ0v) is 14.2. The van der Waals surface area contributed by atoms with E-state index in [9.17, 15) is 5.11 Å². The Balaban J connectivity index is 2.08. The summed E-state index contributed by atoms with van der Waals surface area (Å²) in [6.45, 7) is 7.90. The fraction of sp³-hybridized carbons (Fsp3) is 0.625. The fourth-order valence-corrected chi connectivity index (χ4v) is 3.26. The van der Waals surface area contributed by atoms with Gasteiger partial charge in [0.15, 0.2) is 11.5 Å². The third kappa shape index (κ3) is 3.89. The molecule has 2 rings (SSSR count). The van der Waals surface area contributed by atoms with Crippen LogP contribution in [0.1, 0.15) is 38.7 Å². The van der Waals surface area contributed by atoms with Crippen LogP contribution < -0.4 is 4.74 Å². The van der Waals surface area contributed by atoms with Crippen molar-refractivity contribution in [2.75, 3.05) is 20.2 Å². The van der Waals surface area contributed by atoms with Crippen LogP contribution in [-0.2, 0) is 6.54 Å². The number of ether oxygens (including phenoxy) is 1. The van der Waals surface area contributed by atoms with E-state index >= 15 is 0 Å². The molecule has 1 aromatic rings. The van der Waals surface area contributed by atoms with Crippen molar-refractivity contribution in [2.45, 2.75) is 39.7 Å². The van der Waals surface area contributed by atoms with Crippen LogP contribution in [0.3, 0.4) is 0 Å². The zero-order chi connectivity index (χ0) is 14.8. The number of rotatable bonds is 3. The second kappa shape index (κ2) is 6.35. The number of halogens is 1. The zero-order valence-electron chi connectivity index (χ0n) is 12.6. The van der Waals surface area contributed by atoms with E-state index in [0.717, 1.165) is 19.6 Å². The number of nitrogens with zero attached hydrogens (tertiary/aromatic N) is 1. The van der Waals surface area contributed by atoms with Gasteiger partial charge in [-0.2, -0.15) is 0 Å². The summed E-state index contributed by atoms with van der Waals surface area (Å²) in [7, 11) is 1.58. The topological polar surface area (TPSA) is 32.7 Å². The van der Waals surface area contributed by atoms with Gasteiger partial charge in [-0.1, -0.05) is 13.8 Å². The summed E-state index contributed by atoms with van der Waals surface area (Å²) in [5.41, 5.74) is 1.63. The Morgan fingerprint density at radius 2 is 2.05 bits per heavy atom. The maximum absolute atomic E-state index is 9.86. The molecule has 0 unspecified atom stereocenters. The van der Waals surface area contributed by atoms with Gasteiger partial charge in [0.1, 0.15) is 0 Å². The largest absolute Gasteiger partial charge is 0.503 e. The van der Waals surface area contributed by atoms with E-state index in [4.69, 9.17) is 4.74 Å². The molecule has 0 saturated carbocycles. The highest BCUT2D eigenvalue weighted by atomic mass is 79.9. The van der Waals surface area contributed by atoms with Crippen molar-refractivity contribution in [3.05, 3.63) is 22.2 Å². The molecule has 1 aromatic carbocycles. The number of likely N-dealkylation sites (tertiary alicyclic amines) is 1. The Hall–Kier alpha value is -0.740. The van der Waals surface area contributed by atoms with Crippen LogP contribution in [0.25, 0.3) is 0 Å². The highest BCUT2D eigenvalue weighted by molar-refractivity contribution is 9.10. The molecule has 3 nitrogen and oxygen atoms in total. The van der Waals surface area contributed by atoms with Crippen LogP contribution in [0.5, 0.6) is 11.5 Å². The van der Waals surface area contributed by atoms with E-state index in [0.29, 0.717) is 15.6 Å². The van der Waals surface area contributed by atoms with Crippen molar-refractivity contribution < 1.29 is 9.84 Å². The van der Waals surface area contributed by atoms with Crippen molar-refractivity contribution in [1.29, 1.82) is 0 Å². The van der Waals surface area contributed by atoms with E-state index < -0.39 is 0 Å². The van der Waals surface area contributed by atoms with Crippen LogP contribution in [0.2, 0.25) is 0 Å². The van der Waals surface area contributed by atoms with Crippen molar-refractivity contribution in [3.63, 3.8) is 0 Å². The van der Waals surface area contributed by atoms with Gasteiger partial charge in [0.05, 0.1) is 11.6 Å². The van der Waals surface area contributed by atoms with Crippen LogP contribution in [0, 0.1) is 5.41 Å². The molecular weight excluding hydrogens is 318 g/mol. The van der Waals surface area contributed by atoms with E-state index in [1.54, 1.807) is 7.11 Å². The molecule has 1 aliphatic rings. The third-order valence-corrected chi connectivity index (χ3v) is 4.75. The van der Waals surface area contributed by atoms with Crippen LogP contribution in [0.4, 0.5) is 0 Å². The summed E-state index contributed by atoms with van der Waals surface area (Å²) < 4.78 is 5.91. The van der Waals surface area contributed by atoms with Crippen molar-refractivity contribution in [3.8, 4) is 11.5 Å². The average molecular weight is 342 g/mol. The number of hydrogen-bond donors (Lipinski definition) is 1. The molecule has 1 fully saturated rings. The lowest BCUT2D eigenvalue weighted by Gasteiger charge is -2.23. The molecule has 0 amide bonds. The standard InChI is InChI=1S/C16H24BrNO2/c1-16(2)5-4-7-18(8-6-16)11-12-9-13(17)15(19)14(10-12)20-3/h9-10,19H,4-8,11H2,1-3H3. The van der Waals surface area contributed by atoms with Gasteiger partial charge in [-0.05, 0) is 71.4 Å². The molecule has 112 valence electrons. The van der Waals surface area contributed by atoms with Gasteiger partial charge in [-0.3, -0.25) is 4.90 Å². The van der Waals surface area contributed by atoms with Gasteiger partial charge in [0.25, 0.3) is 0 Å². The lowest BCUT2D eigenvalue weighted by Crippen LogP contribution is -2.25. The minimum Gasteiger partial charge on any atom is -0.503 e. The molecule has 1 heterocycles. The summed E-state index contributed by atoms with van der Waals surface area (Å²) >= 11 is 3.39. The number of phenols is 1. The van der Waals surface area contributed by atoms with Crippen molar-refractivity contribution in [1.82, 2.24) is 4.90 Å². The maximum atomic E-state index is 9.86. The Morgan fingerprint density at radius 3 is 2.75 bits per heavy atom. The molecule has 1 saturated heterocycles. The Morgan fingerprint density at radius 1 is 1.30 bits per heavy atom. The highest BCUT2D eigenvalue weighted by Gasteiger charge is 2.23. The number of aromatic hydroxyl groups is 1. The molecule has 1 aliphatic heterocycles. The Kier molecular flexibility index (Phi) is 4.97. The summed E-state index contributed by atoms with van der Waals surface area (Å²) in [6.07, 6.45) is 3.79. The first-order valence-electron chi connectivity index (χ1n) is 7.19. The Labute approximate surface area is 130 Å². The summed E-state index contributed by atoms with van der Waals surface area (Å²) in [5.74, 6) is 0.706. The molecule has 4 heteroatoms. The van der Waals surface area contributed by atoms with Crippen molar-refractivity contribution in [2.24, 2.45) is 5.41 Å². The molecule has 0 radical (unpaired) electrons. The summed E-state index contributed by atoms with van der Waals surface area (Å²) in [4.78, 5) is 2.49. The van der Waals surface area contributed by atoms with Crippen molar-refractivity contribution >= 4 is 15.9 Å². The predicted molar refractivity (Wildman–Crippen MR) is 85.3 cm³/mol. The van der Waals surface area contributed by atoms with Gasteiger partial charge >= 0.3 is 0 Å². The first kappa shape index (κ1) is 15.6. The van der Waals surface area contributed by atoms with Crippen LogP contribution in [-0.4, -0.2) is 30.2 Å². The maximum Gasteiger partial charge on any atom is 0.172 e. The smallest absolute Gasteiger partial charge is 0.172 e. The summed E-state index contributed by atoms with van der Waals surface area (Å²) in [6, 6.07) is 3.91. The van der Waals surface area contributed by atoms with Crippen LogP contribution in [0.15, 0.2) is 16.6 Å². The number of methoxy groups -OCH3 is 1. The monoisotopic (exact) mass is 341 g/mol. The van der Waals surface area contributed by atoms with E-state index in [-0.39, 0.29) is 5.75 Å². The minimum absolute atomic E-state index is 0.174. The number of hydrogen-bond acceptors (Lipinski definition) is 3. The minimum atomic E-state index is 0.174. The quantitative estimate of drug-likeness (QED) is 0.895. The second-order valence-electron chi connectivity index (χ2n) is 6.42. The molecule has 20 heavy (non-hydrogen) atoms. The average Bonchev–Trinajstić information content (AvgIpc) is 2.55. The third-order valence-electron chi connectivity index (χ3n) is 4.15. The van der Waals surface area contributed by atoms with E-state index in [2.05, 4.69) is 34.7 Å². The molecule has 0 atom stereocenters. The van der Waals surface area contributed by atoms with E-state index in [1.807, 2.05) is 12.1 Å². The number of phenolic OH excluding ortho intramolecular Hbond substituents is 1. The normalized spacial score (nSPS) is 19.6. The lowest BCUT2D eigenvalue weighted by atomic mass is 9.85. The van der Waals surface area contributed by atoms with Gasteiger partial charge in [-0.15, -0.1) is 0 Å². The second-order valence-corrected chi connectivity index (χ2v) is 7.28. The predicted octanol–water partition coefficient (Wildman–Crippen LogP) is 4.18. The van der Waals surface area contributed by atoms with Gasteiger partial charge in [0, 0.05) is 6.54 Å². The molecular formula is C16H24BrNO2. The summed E-state index contributed by atoms with van der Waals surface area (Å²) in [5, 5.41) is 9.86. The fourth-order valence-electron chi connectivity index (χ4n) is 2.77. The SMILES string of the molecule is COc1cc(CN2CCCC(C)(C)CC2)cc(Br)c1O. The molecule has 0 aromatic heterocycles. The van der Waals surface area contributed by atoms with E-state index in [1.165, 1.54) is 24.8 Å². The lowest BCUT2D eigenvalue weighted by molar-refractivity contribution is 0.255. The first-order chi connectivity index (χ1) is 9.41.